The molecule has 1 rings (SSSR count). The van der Waals surface area contributed by atoms with Crippen molar-refractivity contribution in [1.82, 2.24) is 4.90 Å². The predicted molar refractivity (Wildman–Crippen MR) is 74.7 cm³/mol. The molecule has 0 aliphatic rings. The molecule has 0 N–H and O–H groups in total. The molecule has 0 radical (unpaired) electrons. The Morgan fingerprint density at radius 1 is 1.47 bits per heavy atom. The van der Waals surface area contributed by atoms with Gasteiger partial charge < -0.3 is 4.90 Å². The highest BCUT2D eigenvalue weighted by Crippen LogP contribution is 2.22. The second-order valence-electron chi connectivity index (χ2n) is 4.56. The van der Waals surface area contributed by atoms with Gasteiger partial charge in [-0.25, -0.2) is 0 Å². The first-order valence-corrected chi connectivity index (χ1v) is 6.54. The number of halogens is 1. The molecular weight excluding hydrogens is 268 g/mol. The van der Waals surface area contributed by atoms with Crippen LogP contribution in [0.4, 0.5) is 5.69 Å². The van der Waals surface area contributed by atoms with Gasteiger partial charge in [-0.2, -0.15) is 0 Å². The van der Waals surface area contributed by atoms with Gasteiger partial charge in [0.1, 0.15) is 5.56 Å². The second-order valence-corrected chi connectivity index (χ2v) is 4.94. The fourth-order valence-electron chi connectivity index (χ4n) is 1.82. The van der Waals surface area contributed by atoms with Crippen molar-refractivity contribution in [2.75, 3.05) is 12.4 Å². The van der Waals surface area contributed by atoms with Crippen molar-refractivity contribution in [3.05, 3.63) is 39.4 Å². The van der Waals surface area contributed by atoms with E-state index < -0.39 is 4.92 Å². The lowest BCUT2D eigenvalue weighted by molar-refractivity contribution is -0.385. The molecular formula is C13H17ClN2O3. The van der Waals surface area contributed by atoms with Crippen LogP contribution in [0.25, 0.3) is 0 Å². The zero-order valence-electron chi connectivity index (χ0n) is 11.2. The summed E-state index contributed by atoms with van der Waals surface area (Å²) in [5.74, 6) is -0.0603. The zero-order chi connectivity index (χ0) is 14.6. The van der Waals surface area contributed by atoms with E-state index in [4.69, 9.17) is 11.6 Å². The first-order valence-electron chi connectivity index (χ1n) is 6.00. The van der Waals surface area contributed by atoms with E-state index in [0.717, 1.165) is 5.56 Å². The molecule has 0 heterocycles. The summed E-state index contributed by atoms with van der Waals surface area (Å²) < 4.78 is 0. The molecule has 1 amide bonds. The molecule has 5 nitrogen and oxygen atoms in total. The smallest absolute Gasteiger partial charge is 0.282 e. The highest BCUT2D eigenvalue weighted by molar-refractivity contribution is 6.18. The minimum atomic E-state index is -0.536. The minimum Gasteiger partial charge on any atom is -0.335 e. The van der Waals surface area contributed by atoms with Gasteiger partial charge in [0.05, 0.1) is 4.92 Å². The number of nitrogens with zero attached hydrogens (tertiary/aromatic N) is 2. The van der Waals surface area contributed by atoms with E-state index in [9.17, 15) is 14.9 Å². The van der Waals surface area contributed by atoms with Crippen molar-refractivity contribution in [1.29, 1.82) is 0 Å². The van der Waals surface area contributed by atoms with E-state index in [1.807, 2.05) is 13.8 Å². The third-order valence-electron chi connectivity index (χ3n) is 2.79. The van der Waals surface area contributed by atoms with Crippen LogP contribution in [-0.2, 0) is 0 Å². The van der Waals surface area contributed by atoms with Crippen molar-refractivity contribution >= 4 is 23.2 Å². The Morgan fingerprint density at radius 3 is 2.58 bits per heavy atom. The number of rotatable bonds is 5. The molecule has 0 fully saturated rings. The molecule has 0 aliphatic heterocycles. The molecule has 0 bridgehead atoms. The van der Waals surface area contributed by atoms with E-state index >= 15 is 0 Å². The van der Waals surface area contributed by atoms with Gasteiger partial charge >= 0.3 is 0 Å². The van der Waals surface area contributed by atoms with Gasteiger partial charge in [-0.05, 0) is 32.4 Å². The monoisotopic (exact) mass is 284 g/mol. The molecule has 0 aromatic heterocycles. The fraction of sp³-hybridized carbons (Fsp3) is 0.462. The van der Waals surface area contributed by atoms with Crippen LogP contribution in [0.5, 0.6) is 0 Å². The Bertz CT molecular complexity index is 489. The largest absolute Gasteiger partial charge is 0.335 e. The maximum atomic E-state index is 12.4. The van der Waals surface area contributed by atoms with E-state index in [2.05, 4.69) is 0 Å². The SMILES string of the molecule is Cc1ccc([N+](=O)[O-])c(C(=O)N(CCCl)C(C)C)c1. The molecule has 19 heavy (non-hydrogen) atoms. The predicted octanol–water partition coefficient (Wildman–Crippen LogP) is 2.99. The molecule has 104 valence electrons. The number of carbonyl (C=O) groups excluding carboxylic acids is 1. The number of hydrogen-bond acceptors (Lipinski definition) is 3. The summed E-state index contributed by atoms with van der Waals surface area (Å²) in [6, 6.07) is 4.47. The van der Waals surface area contributed by atoms with Crippen LogP contribution < -0.4 is 0 Å². The van der Waals surface area contributed by atoms with Crippen molar-refractivity contribution < 1.29 is 9.72 Å². The van der Waals surface area contributed by atoms with Crippen LogP contribution in [0, 0.1) is 17.0 Å². The topological polar surface area (TPSA) is 63.5 Å². The van der Waals surface area contributed by atoms with Crippen LogP contribution in [0.1, 0.15) is 29.8 Å². The molecule has 0 spiro atoms. The van der Waals surface area contributed by atoms with Gasteiger partial charge in [0.2, 0.25) is 0 Å². The molecule has 0 saturated heterocycles. The van der Waals surface area contributed by atoms with Gasteiger partial charge in [0.25, 0.3) is 11.6 Å². The van der Waals surface area contributed by atoms with Crippen molar-refractivity contribution in [3.8, 4) is 0 Å². The Morgan fingerprint density at radius 2 is 2.11 bits per heavy atom. The van der Waals surface area contributed by atoms with E-state index in [1.165, 1.54) is 11.0 Å². The summed E-state index contributed by atoms with van der Waals surface area (Å²) in [7, 11) is 0. The first-order chi connectivity index (χ1) is 8.88. The fourth-order valence-corrected chi connectivity index (χ4v) is 2.00. The Hall–Kier alpha value is -1.62. The molecule has 6 heteroatoms. The number of nitro benzene ring substituents is 1. The summed E-state index contributed by atoms with van der Waals surface area (Å²) in [6.45, 7) is 5.86. The zero-order valence-corrected chi connectivity index (χ0v) is 12.0. The van der Waals surface area contributed by atoms with E-state index in [1.54, 1.807) is 19.1 Å². The van der Waals surface area contributed by atoms with Gasteiger partial charge in [-0.3, -0.25) is 14.9 Å². The standard InChI is InChI=1S/C13H17ClN2O3/c1-9(2)15(7-6-14)13(17)11-8-10(3)4-5-12(11)16(18)19/h4-5,8-9H,6-7H2,1-3H3. The normalized spacial score (nSPS) is 10.6. The molecule has 1 aromatic rings. The number of aryl methyl sites for hydroxylation is 1. The Balaban J connectivity index is 3.23. The summed E-state index contributed by atoms with van der Waals surface area (Å²) in [5.41, 5.74) is 0.753. The number of nitro groups is 1. The lowest BCUT2D eigenvalue weighted by Crippen LogP contribution is -2.38. The van der Waals surface area contributed by atoms with Gasteiger partial charge in [0.15, 0.2) is 0 Å². The van der Waals surface area contributed by atoms with Gasteiger partial charge in [0, 0.05) is 24.5 Å². The highest BCUT2D eigenvalue weighted by atomic mass is 35.5. The number of benzene rings is 1. The maximum Gasteiger partial charge on any atom is 0.282 e. The van der Waals surface area contributed by atoms with E-state index in [-0.39, 0.29) is 23.2 Å². The molecule has 0 atom stereocenters. The third-order valence-corrected chi connectivity index (χ3v) is 2.96. The molecule has 1 aromatic carbocycles. The quantitative estimate of drug-likeness (QED) is 0.474. The van der Waals surface area contributed by atoms with Crippen molar-refractivity contribution in [3.63, 3.8) is 0 Å². The Labute approximate surface area is 117 Å². The van der Waals surface area contributed by atoms with Crippen molar-refractivity contribution in [2.45, 2.75) is 26.8 Å². The average Bonchev–Trinajstić information content (AvgIpc) is 2.34. The summed E-state index contributed by atoms with van der Waals surface area (Å²) in [6.07, 6.45) is 0. The van der Waals surface area contributed by atoms with Gasteiger partial charge in [-0.1, -0.05) is 6.07 Å². The lowest BCUT2D eigenvalue weighted by Gasteiger charge is -2.25. The van der Waals surface area contributed by atoms with Crippen molar-refractivity contribution in [2.24, 2.45) is 0 Å². The van der Waals surface area contributed by atoms with Crippen LogP contribution in [-0.4, -0.2) is 34.2 Å². The molecule has 0 saturated carbocycles. The summed E-state index contributed by atoms with van der Waals surface area (Å²) >= 11 is 5.68. The van der Waals surface area contributed by atoms with Crippen LogP contribution in [0.15, 0.2) is 18.2 Å². The first kappa shape index (κ1) is 15.4. The molecule has 0 unspecified atom stereocenters. The molecule has 0 aliphatic carbocycles. The van der Waals surface area contributed by atoms with E-state index in [0.29, 0.717) is 12.4 Å². The van der Waals surface area contributed by atoms with Gasteiger partial charge in [-0.15, -0.1) is 11.6 Å². The minimum absolute atomic E-state index is 0.0635. The second kappa shape index (κ2) is 6.52. The summed E-state index contributed by atoms with van der Waals surface area (Å²) in [5, 5.41) is 11.0. The number of hydrogen-bond donors (Lipinski definition) is 0. The maximum absolute atomic E-state index is 12.4. The number of amides is 1. The average molecular weight is 285 g/mol. The number of carbonyl (C=O) groups is 1. The number of alkyl halides is 1. The lowest BCUT2D eigenvalue weighted by atomic mass is 10.1. The van der Waals surface area contributed by atoms with Crippen LogP contribution >= 0.6 is 11.6 Å². The highest BCUT2D eigenvalue weighted by Gasteiger charge is 2.25. The summed E-state index contributed by atoms with van der Waals surface area (Å²) in [4.78, 5) is 24.4. The van der Waals surface area contributed by atoms with Crippen LogP contribution in [0.2, 0.25) is 0 Å². The van der Waals surface area contributed by atoms with Crippen LogP contribution in [0.3, 0.4) is 0 Å². The third kappa shape index (κ3) is 3.67. The Kier molecular flexibility index (Phi) is 5.30.